The van der Waals surface area contributed by atoms with Crippen molar-refractivity contribution in [2.45, 2.75) is 38.8 Å². The van der Waals surface area contributed by atoms with E-state index in [4.69, 9.17) is 15.9 Å². The number of benzene rings is 1. The normalized spacial score (nSPS) is 13.9. The molecule has 0 radical (unpaired) electrons. The summed E-state index contributed by atoms with van der Waals surface area (Å²) in [5, 5.41) is 3.48. The van der Waals surface area contributed by atoms with Crippen molar-refractivity contribution in [2.75, 3.05) is 13.2 Å². The highest BCUT2D eigenvalue weighted by atomic mass is 16.5. The summed E-state index contributed by atoms with van der Waals surface area (Å²) in [5.41, 5.74) is 1.13. The topological polar surface area (TPSA) is 30.5 Å². The van der Waals surface area contributed by atoms with Crippen molar-refractivity contribution in [3.05, 3.63) is 23.8 Å². The standard InChI is InChI=1S/C16H21NO2/c1-3-9-18-15-8-5-13(12-17-14-6-7-14)16(11-15)19-10-4-2/h2,5,8,11,14,17H,3,6-7,9-10,12H2,1H3. The maximum absolute atomic E-state index is 5.62. The molecule has 0 atom stereocenters. The minimum absolute atomic E-state index is 0.285. The molecule has 0 unspecified atom stereocenters. The summed E-state index contributed by atoms with van der Waals surface area (Å²) < 4.78 is 11.2. The van der Waals surface area contributed by atoms with Crippen LogP contribution >= 0.6 is 0 Å². The van der Waals surface area contributed by atoms with E-state index in [9.17, 15) is 0 Å². The Bertz CT molecular complexity index is 447. The molecule has 0 heterocycles. The maximum Gasteiger partial charge on any atom is 0.148 e. The van der Waals surface area contributed by atoms with Crippen LogP contribution in [0.15, 0.2) is 18.2 Å². The zero-order valence-electron chi connectivity index (χ0n) is 11.4. The molecular formula is C16H21NO2. The van der Waals surface area contributed by atoms with Crippen LogP contribution in [0.4, 0.5) is 0 Å². The fourth-order valence-electron chi connectivity index (χ4n) is 1.79. The summed E-state index contributed by atoms with van der Waals surface area (Å²) in [4.78, 5) is 0. The second-order valence-corrected chi connectivity index (χ2v) is 4.77. The molecule has 19 heavy (non-hydrogen) atoms. The zero-order valence-corrected chi connectivity index (χ0v) is 11.4. The molecule has 1 aromatic rings. The minimum atomic E-state index is 0.285. The van der Waals surface area contributed by atoms with Crippen LogP contribution in [0.3, 0.4) is 0 Å². The smallest absolute Gasteiger partial charge is 0.148 e. The second kappa shape index (κ2) is 7.06. The molecule has 1 aromatic carbocycles. The largest absolute Gasteiger partial charge is 0.493 e. The van der Waals surface area contributed by atoms with Gasteiger partial charge in [-0.15, -0.1) is 6.42 Å². The monoisotopic (exact) mass is 259 g/mol. The van der Waals surface area contributed by atoms with Gasteiger partial charge in [0.2, 0.25) is 0 Å². The highest BCUT2D eigenvalue weighted by Crippen LogP contribution is 2.27. The lowest BCUT2D eigenvalue weighted by Gasteiger charge is -2.13. The molecule has 0 saturated heterocycles. The van der Waals surface area contributed by atoms with E-state index >= 15 is 0 Å². The summed E-state index contributed by atoms with van der Waals surface area (Å²) in [6, 6.07) is 6.64. The molecule has 2 rings (SSSR count). The van der Waals surface area contributed by atoms with Gasteiger partial charge in [0.15, 0.2) is 0 Å². The average Bonchev–Trinajstić information content (AvgIpc) is 3.25. The lowest BCUT2D eigenvalue weighted by Crippen LogP contribution is -2.16. The van der Waals surface area contributed by atoms with Gasteiger partial charge in [-0.25, -0.2) is 0 Å². The third-order valence-electron chi connectivity index (χ3n) is 2.98. The van der Waals surface area contributed by atoms with E-state index in [1.165, 1.54) is 12.8 Å². The maximum atomic E-state index is 5.62. The Labute approximate surface area is 115 Å². The third kappa shape index (κ3) is 4.50. The Balaban J connectivity index is 2.03. The van der Waals surface area contributed by atoms with Crippen molar-refractivity contribution in [3.63, 3.8) is 0 Å². The fourth-order valence-corrected chi connectivity index (χ4v) is 1.79. The second-order valence-electron chi connectivity index (χ2n) is 4.77. The van der Waals surface area contributed by atoms with E-state index < -0.39 is 0 Å². The molecule has 0 bridgehead atoms. The van der Waals surface area contributed by atoms with Gasteiger partial charge in [0.25, 0.3) is 0 Å². The summed E-state index contributed by atoms with van der Waals surface area (Å²) in [7, 11) is 0. The Morgan fingerprint density at radius 2 is 2.21 bits per heavy atom. The van der Waals surface area contributed by atoms with E-state index in [0.717, 1.165) is 30.0 Å². The van der Waals surface area contributed by atoms with Gasteiger partial charge < -0.3 is 14.8 Å². The van der Waals surface area contributed by atoms with Gasteiger partial charge in [-0.1, -0.05) is 18.9 Å². The van der Waals surface area contributed by atoms with Gasteiger partial charge in [-0.05, 0) is 25.3 Å². The first-order valence-corrected chi connectivity index (χ1v) is 6.89. The zero-order chi connectivity index (χ0) is 13.5. The lowest BCUT2D eigenvalue weighted by atomic mass is 10.2. The van der Waals surface area contributed by atoms with E-state index in [1.807, 2.05) is 18.2 Å². The van der Waals surface area contributed by atoms with Crippen LogP contribution in [0.1, 0.15) is 31.7 Å². The molecule has 102 valence electrons. The molecule has 1 aliphatic rings. The molecule has 1 aliphatic carbocycles. The van der Waals surface area contributed by atoms with Crippen LogP contribution in [-0.4, -0.2) is 19.3 Å². The number of ether oxygens (including phenoxy) is 2. The number of rotatable bonds is 8. The number of terminal acetylenes is 1. The van der Waals surface area contributed by atoms with Crippen molar-refractivity contribution in [1.29, 1.82) is 0 Å². The van der Waals surface area contributed by atoms with Crippen molar-refractivity contribution >= 4 is 0 Å². The molecule has 0 amide bonds. The molecule has 1 N–H and O–H groups in total. The number of hydrogen-bond donors (Lipinski definition) is 1. The highest BCUT2D eigenvalue weighted by molar-refractivity contribution is 5.41. The summed E-state index contributed by atoms with van der Waals surface area (Å²) in [6.45, 7) is 3.91. The lowest BCUT2D eigenvalue weighted by molar-refractivity contribution is 0.312. The van der Waals surface area contributed by atoms with Crippen molar-refractivity contribution in [3.8, 4) is 23.8 Å². The van der Waals surface area contributed by atoms with Crippen LogP contribution < -0.4 is 14.8 Å². The van der Waals surface area contributed by atoms with E-state index in [-0.39, 0.29) is 6.61 Å². The molecule has 0 aliphatic heterocycles. The highest BCUT2D eigenvalue weighted by Gasteiger charge is 2.20. The van der Waals surface area contributed by atoms with Crippen LogP contribution in [0.2, 0.25) is 0 Å². The van der Waals surface area contributed by atoms with Gasteiger partial charge >= 0.3 is 0 Å². The van der Waals surface area contributed by atoms with E-state index in [1.54, 1.807) is 0 Å². The minimum Gasteiger partial charge on any atom is -0.493 e. The van der Waals surface area contributed by atoms with Crippen LogP contribution in [0, 0.1) is 12.3 Å². The predicted molar refractivity (Wildman–Crippen MR) is 76.4 cm³/mol. The molecule has 0 aromatic heterocycles. The van der Waals surface area contributed by atoms with Crippen molar-refractivity contribution < 1.29 is 9.47 Å². The van der Waals surface area contributed by atoms with Crippen molar-refractivity contribution in [2.24, 2.45) is 0 Å². The predicted octanol–water partition coefficient (Wildman–Crippen LogP) is 2.74. The average molecular weight is 259 g/mol. The number of hydrogen-bond acceptors (Lipinski definition) is 3. The Hall–Kier alpha value is -1.66. The molecule has 3 nitrogen and oxygen atoms in total. The fraction of sp³-hybridized carbons (Fsp3) is 0.500. The van der Waals surface area contributed by atoms with Gasteiger partial charge in [-0.3, -0.25) is 0 Å². The van der Waals surface area contributed by atoms with E-state index in [0.29, 0.717) is 12.6 Å². The molecular weight excluding hydrogens is 238 g/mol. The first-order valence-electron chi connectivity index (χ1n) is 6.89. The summed E-state index contributed by atoms with van der Waals surface area (Å²) in [6.07, 6.45) is 8.80. The quantitative estimate of drug-likeness (QED) is 0.728. The first kappa shape index (κ1) is 13.8. The Kier molecular flexibility index (Phi) is 5.11. The number of nitrogens with one attached hydrogen (secondary N) is 1. The van der Waals surface area contributed by atoms with Gasteiger partial charge in [0.05, 0.1) is 6.61 Å². The Morgan fingerprint density at radius 3 is 2.89 bits per heavy atom. The molecule has 0 spiro atoms. The van der Waals surface area contributed by atoms with E-state index in [2.05, 4.69) is 18.2 Å². The van der Waals surface area contributed by atoms with Crippen molar-refractivity contribution in [1.82, 2.24) is 5.32 Å². The molecule has 3 heteroatoms. The Morgan fingerprint density at radius 1 is 1.37 bits per heavy atom. The van der Waals surface area contributed by atoms with Gasteiger partial charge in [0.1, 0.15) is 18.1 Å². The third-order valence-corrected chi connectivity index (χ3v) is 2.98. The molecule has 1 saturated carbocycles. The van der Waals surface area contributed by atoms with Crippen LogP contribution in [0.25, 0.3) is 0 Å². The summed E-state index contributed by atoms with van der Waals surface area (Å²) in [5.74, 6) is 4.16. The molecule has 1 fully saturated rings. The van der Waals surface area contributed by atoms with Crippen LogP contribution in [0.5, 0.6) is 11.5 Å². The SMILES string of the molecule is C#CCOc1cc(OCCC)ccc1CNC1CC1. The summed E-state index contributed by atoms with van der Waals surface area (Å²) >= 11 is 0. The van der Waals surface area contributed by atoms with Gasteiger partial charge in [-0.2, -0.15) is 0 Å². The van der Waals surface area contributed by atoms with Crippen LogP contribution in [-0.2, 0) is 6.54 Å². The van der Waals surface area contributed by atoms with Gasteiger partial charge in [0, 0.05) is 24.2 Å². The first-order chi connectivity index (χ1) is 9.33.